The van der Waals surface area contributed by atoms with Crippen LogP contribution in [-0.2, 0) is 9.59 Å². The fraction of sp³-hybridized carbons (Fsp3) is 0.111. The molecule has 122 valence electrons. The third-order valence-electron chi connectivity index (χ3n) is 3.97. The Morgan fingerprint density at radius 2 is 1.75 bits per heavy atom. The van der Waals surface area contributed by atoms with Gasteiger partial charge in [-0.2, -0.15) is 0 Å². The number of nitrogens with two attached hydrogens (primary N) is 1. The Labute approximate surface area is 138 Å². The first-order chi connectivity index (χ1) is 11.3. The molecule has 0 amide bonds. The number of phenols is 1. The first kappa shape index (κ1) is 15.6. The van der Waals surface area contributed by atoms with E-state index in [0.29, 0.717) is 0 Å². The molecule has 0 radical (unpaired) electrons. The van der Waals surface area contributed by atoms with Gasteiger partial charge in [-0.15, -0.1) is 0 Å². The maximum atomic E-state index is 12.4. The van der Waals surface area contributed by atoms with Gasteiger partial charge in [0.2, 0.25) is 5.78 Å². The molecule has 3 rings (SSSR count). The molecular weight excluding hydrogens is 308 g/mol. The summed E-state index contributed by atoms with van der Waals surface area (Å²) in [6, 6.07) is 4.79. The van der Waals surface area contributed by atoms with Gasteiger partial charge in [-0.05, 0) is 24.3 Å². The molecule has 1 aromatic rings. The number of hydrogen-bond acceptors (Lipinski definition) is 6. The van der Waals surface area contributed by atoms with Gasteiger partial charge in [0.1, 0.15) is 11.5 Å². The highest BCUT2D eigenvalue weighted by atomic mass is 16.3. The SMILES string of the molecule is CN(C)c1ccc(C2=C(O)/C(=C3\C=CC(N)=CC3=O)C2=O)c(O)c1. The second kappa shape index (κ2) is 5.42. The molecule has 2 aliphatic carbocycles. The van der Waals surface area contributed by atoms with Crippen LogP contribution in [0.25, 0.3) is 5.57 Å². The molecule has 4 N–H and O–H groups in total. The number of Topliss-reactive ketones (excluding diaryl/α,β-unsaturated/α-hetero) is 1. The van der Waals surface area contributed by atoms with Crippen LogP contribution in [-0.4, -0.2) is 35.9 Å². The summed E-state index contributed by atoms with van der Waals surface area (Å²) >= 11 is 0. The molecule has 0 saturated heterocycles. The van der Waals surface area contributed by atoms with Gasteiger partial charge in [0, 0.05) is 48.8 Å². The average molecular weight is 324 g/mol. The lowest BCUT2D eigenvalue weighted by atomic mass is 9.79. The topological polar surface area (TPSA) is 104 Å². The van der Waals surface area contributed by atoms with Crippen LogP contribution < -0.4 is 10.6 Å². The number of carbonyl (C=O) groups is 2. The summed E-state index contributed by atoms with van der Waals surface area (Å²) in [7, 11) is 3.64. The highest BCUT2D eigenvalue weighted by molar-refractivity contribution is 6.41. The van der Waals surface area contributed by atoms with Crippen molar-refractivity contribution in [3.63, 3.8) is 0 Å². The molecule has 6 heteroatoms. The Morgan fingerprint density at radius 3 is 2.29 bits per heavy atom. The van der Waals surface area contributed by atoms with Crippen molar-refractivity contribution in [2.24, 2.45) is 5.73 Å². The maximum Gasteiger partial charge on any atom is 0.202 e. The molecule has 0 aliphatic heterocycles. The van der Waals surface area contributed by atoms with Crippen LogP contribution in [0.2, 0.25) is 0 Å². The Morgan fingerprint density at radius 1 is 1.04 bits per heavy atom. The monoisotopic (exact) mass is 324 g/mol. The van der Waals surface area contributed by atoms with Gasteiger partial charge in [-0.3, -0.25) is 9.59 Å². The predicted molar refractivity (Wildman–Crippen MR) is 90.4 cm³/mol. The number of aliphatic hydroxyl groups excluding tert-OH is 1. The molecule has 0 saturated carbocycles. The van der Waals surface area contributed by atoms with Gasteiger partial charge < -0.3 is 20.8 Å². The van der Waals surface area contributed by atoms with Crippen LogP contribution in [0.5, 0.6) is 5.75 Å². The maximum absolute atomic E-state index is 12.4. The third-order valence-corrected chi connectivity index (χ3v) is 3.97. The molecule has 0 unspecified atom stereocenters. The largest absolute Gasteiger partial charge is 0.507 e. The van der Waals surface area contributed by atoms with Gasteiger partial charge in [0.15, 0.2) is 5.78 Å². The highest BCUT2D eigenvalue weighted by Gasteiger charge is 2.39. The van der Waals surface area contributed by atoms with Crippen molar-refractivity contribution in [3.05, 3.63) is 64.6 Å². The van der Waals surface area contributed by atoms with Crippen molar-refractivity contribution in [2.45, 2.75) is 0 Å². The Balaban J connectivity index is 2.07. The molecule has 2 aliphatic rings. The number of aliphatic hydroxyl groups is 1. The number of anilines is 1. The fourth-order valence-corrected chi connectivity index (χ4v) is 2.66. The molecule has 0 fully saturated rings. The van der Waals surface area contributed by atoms with Crippen molar-refractivity contribution < 1.29 is 19.8 Å². The zero-order chi connectivity index (χ0) is 17.6. The quantitative estimate of drug-likeness (QED) is 0.714. The number of rotatable bonds is 2. The van der Waals surface area contributed by atoms with Crippen molar-refractivity contribution >= 4 is 22.8 Å². The van der Waals surface area contributed by atoms with E-state index in [1.165, 1.54) is 24.3 Å². The smallest absolute Gasteiger partial charge is 0.202 e. The molecule has 6 nitrogen and oxygen atoms in total. The summed E-state index contributed by atoms with van der Waals surface area (Å²) in [5.74, 6) is -1.33. The Hall–Kier alpha value is -3.28. The first-order valence-electron chi connectivity index (χ1n) is 7.24. The fourth-order valence-electron chi connectivity index (χ4n) is 2.66. The zero-order valence-electron chi connectivity index (χ0n) is 13.2. The first-order valence-corrected chi connectivity index (χ1v) is 7.24. The van der Waals surface area contributed by atoms with Gasteiger partial charge in [-0.1, -0.05) is 0 Å². The van der Waals surface area contributed by atoms with Gasteiger partial charge >= 0.3 is 0 Å². The van der Waals surface area contributed by atoms with E-state index in [9.17, 15) is 19.8 Å². The molecule has 0 aromatic heterocycles. The summed E-state index contributed by atoms with van der Waals surface area (Å²) in [5, 5.41) is 20.4. The second-order valence-electron chi connectivity index (χ2n) is 5.78. The molecule has 1 aromatic carbocycles. The van der Waals surface area contributed by atoms with E-state index in [2.05, 4.69) is 0 Å². The van der Waals surface area contributed by atoms with Crippen molar-refractivity contribution in [3.8, 4) is 5.75 Å². The Kier molecular flexibility index (Phi) is 3.52. The van der Waals surface area contributed by atoms with Crippen molar-refractivity contribution in [1.82, 2.24) is 0 Å². The number of benzene rings is 1. The average Bonchev–Trinajstić information content (AvgIpc) is 2.51. The number of phenolic OH excluding ortho intramolecular Hbond substituents is 1. The van der Waals surface area contributed by atoms with E-state index in [0.717, 1.165) is 5.69 Å². The van der Waals surface area contributed by atoms with Crippen LogP contribution in [0.15, 0.2) is 59.0 Å². The van der Waals surface area contributed by atoms with Gasteiger partial charge in [-0.25, -0.2) is 0 Å². The van der Waals surface area contributed by atoms with E-state index in [4.69, 9.17) is 5.73 Å². The van der Waals surface area contributed by atoms with E-state index < -0.39 is 11.6 Å². The number of carbonyl (C=O) groups excluding carboxylic acids is 2. The summed E-state index contributed by atoms with van der Waals surface area (Å²) < 4.78 is 0. The minimum atomic E-state index is -0.484. The lowest BCUT2D eigenvalue weighted by Crippen LogP contribution is -2.25. The second-order valence-corrected chi connectivity index (χ2v) is 5.78. The van der Waals surface area contributed by atoms with Crippen LogP contribution in [0.1, 0.15) is 5.56 Å². The van der Waals surface area contributed by atoms with Crippen molar-refractivity contribution in [2.75, 3.05) is 19.0 Å². The lowest BCUT2D eigenvalue weighted by molar-refractivity contribution is -0.114. The number of nitrogens with zero attached hydrogens (tertiary/aromatic N) is 1. The van der Waals surface area contributed by atoms with Crippen molar-refractivity contribution in [1.29, 1.82) is 0 Å². The lowest BCUT2D eigenvalue weighted by Gasteiger charge is -2.25. The van der Waals surface area contributed by atoms with E-state index in [-0.39, 0.29) is 39.5 Å². The predicted octanol–water partition coefficient (Wildman–Crippen LogP) is 1.59. The molecule has 0 atom stereocenters. The summed E-state index contributed by atoms with van der Waals surface area (Å²) in [5.41, 5.74) is 6.86. The molecule has 0 bridgehead atoms. The summed E-state index contributed by atoms with van der Waals surface area (Å²) in [6.45, 7) is 0. The molecule has 0 spiro atoms. The minimum absolute atomic E-state index is 0.00373. The minimum Gasteiger partial charge on any atom is -0.507 e. The van der Waals surface area contributed by atoms with E-state index >= 15 is 0 Å². The summed E-state index contributed by atoms with van der Waals surface area (Å²) in [4.78, 5) is 26.2. The normalized spacial score (nSPS) is 20.2. The van der Waals surface area contributed by atoms with Crippen LogP contribution in [0.4, 0.5) is 5.69 Å². The molecular formula is C18H16N2O4. The Bertz CT molecular complexity index is 902. The number of allylic oxidation sites excluding steroid dienone is 6. The van der Waals surface area contributed by atoms with Gasteiger partial charge in [0.25, 0.3) is 0 Å². The van der Waals surface area contributed by atoms with Crippen LogP contribution in [0.3, 0.4) is 0 Å². The molecule has 0 heterocycles. The van der Waals surface area contributed by atoms with Crippen LogP contribution in [0, 0.1) is 0 Å². The van der Waals surface area contributed by atoms with Crippen LogP contribution >= 0.6 is 0 Å². The van der Waals surface area contributed by atoms with Gasteiger partial charge in [0.05, 0.1) is 11.1 Å². The third kappa shape index (κ3) is 2.28. The number of aromatic hydroxyl groups is 1. The number of ketones is 2. The summed E-state index contributed by atoms with van der Waals surface area (Å²) in [6.07, 6.45) is 4.10. The standard InChI is InChI=1S/C18H16N2O4/c1-20(2)10-4-6-12(14(22)8-10)16-17(23)15(18(16)24)11-5-3-9(19)7-13(11)21/h3-8,22-23H,19H2,1-2H3/b15-11-. The highest BCUT2D eigenvalue weighted by Crippen LogP contribution is 2.42. The van der Waals surface area contributed by atoms with E-state index in [1.807, 2.05) is 14.1 Å². The van der Waals surface area contributed by atoms with E-state index in [1.54, 1.807) is 17.0 Å². The molecule has 24 heavy (non-hydrogen) atoms. The number of hydrogen-bond donors (Lipinski definition) is 3. The zero-order valence-corrected chi connectivity index (χ0v) is 13.2.